The van der Waals surface area contributed by atoms with Crippen LogP contribution in [0.2, 0.25) is 0 Å². The highest BCUT2D eigenvalue weighted by Crippen LogP contribution is 2.25. The van der Waals surface area contributed by atoms with Crippen molar-refractivity contribution in [3.05, 3.63) is 29.3 Å². The number of hydrogen-bond donors (Lipinski definition) is 2. The van der Waals surface area contributed by atoms with Crippen molar-refractivity contribution < 1.29 is 23.0 Å². The van der Waals surface area contributed by atoms with E-state index in [4.69, 9.17) is 9.84 Å². The van der Waals surface area contributed by atoms with E-state index in [9.17, 15) is 13.2 Å². The highest BCUT2D eigenvalue weighted by molar-refractivity contribution is 5.39. The third-order valence-electron chi connectivity index (χ3n) is 3.06. The van der Waals surface area contributed by atoms with Crippen LogP contribution in [0.1, 0.15) is 11.1 Å². The number of halogens is 3. The first-order chi connectivity index (χ1) is 8.97. The Hall–Kier alpha value is -1.27. The van der Waals surface area contributed by atoms with Crippen molar-refractivity contribution in [3.8, 4) is 5.75 Å². The third-order valence-corrected chi connectivity index (χ3v) is 3.06. The number of fused-ring (bicyclic) bond motifs is 1. The molecule has 1 aromatic carbocycles. The Kier molecular flexibility index (Phi) is 4.31. The lowest BCUT2D eigenvalue weighted by molar-refractivity contribution is -0.201. The smallest absolute Gasteiger partial charge is 0.415 e. The molecular weight excluding hydrogens is 259 g/mol. The summed E-state index contributed by atoms with van der Waals surface area (Å²) in [6, 6.07) is 5.82. The summed E-state index contributed by atoms with van der Waals surface area (Å²) in [5.41, 5.74) is 2.20. The molecule has 2 N–H and O–H groups in total. The molecule has 0 bridgehead atoms. The highest BCUT2D eigenvalue weighted by atomic mass is 19.4. The number of alkyl halides is 3. The summed E-state index contributed by atoms with van der Waals surface area (Å²) < 4.78 is 41.5. The zero-order valence-electron chi connectivity index (χ0n) is 10.3. The predicted molar refractivity (Wildman–Crippen MR) is 64.3 cm³/mol. The summed E-state index contributed by atoms with van der Waals surface area (Å²) in [7, 11) is 0. The standard InChI is InChI=1S/C13H16F3NO2/c14-13(15,16)12(18)8-17-5-3-9-1-2-11-10(7-9)4-6-19-11/h1-2,7,12,17-18H,3-6,8H2. The normalized spacial score (nSPS) is 16.0. The molecule has 1 atom stereocenters. The van der Waals surface area contributed by atoms with Crippen molar-refractivity contribution in [1.29, 1.82) is 0 Å². The molecule has 0 spiro atoms. The van der Waals surface area contributed by atoms with Crippen LogP contribution in [0.25, 0.3) is 0 Å². The first kappa shape index (κ1) is 14.1. The molecule has 1 aliphatic heterocycles. The van der Waals surface area contributed by atoms with Crippen LogP contribution in [0.15, 0.2) is 18.2 Å². The van der Waals surface area contributed by atoms with Gasteiger partial charge in [-0.3, -0.25) is 0 Å². The highest BCUT2D eigenvalue weighted by Gasteiger charge is 2.37. The molecule has 106 valence electrons. The van der Waals surface area contributed by atoms with Crippen LogP contribution in [0.5, 0.6) is 5.75 Å². The van der Waals surface area contributed by atoms with Crippen LogP contribution in [-0.2, 0) is 12.8 Å². The minimum atomic E-state index is -4.56. The van der Waals surface area contributed by atoms with E-state index in [2.05, 4.69) is 5.32 Å². The molecule has 19 heavy (non-hydrogen) atoms. The van der Waals surface area contributed by atoms with Gasteiger partial charge in [0.1, 0.15) is 5.75 Å². The van der Waals surface area contributed by atoms with Gasteiger partial charge >= 0.3 is 6.18 Å². The van der Waals surface area contributed by atoms with Gasteiger partial charge in [0.15, 0.2) is 6.10 Å². The fraction of sp³-hybridized carbons (Fsp3) is 0.538. The SMILES string of the molecule is OC(CNCCc1ccc2c(c1)CCO2)C(F)(F)F. The number of aliphatic hydroxyl groups excluding tert-OH is 1. The molecule has 0 saturated heterocycles. The Morgan fingerprint density at radius 1 is 1.37 bits per heavy atom. The molecule has 0 aliphatic carbocycles. The first-order valence-electron chi connectivity index (χ1n) is 6.17. The largest absolute Gasteiger partial charge is 0.493 e. The number of nitrogens with one attached hydrogen (secondary N) is 1. The van der Waals surface area contributed by atoms with Crippen LogP contribution in [0.3, 0.4) is 0 Å². The van der Waals surface area contributed by atoms with E-state index in [-0.39, 0.29) is 0 Å². The lowest BCUT2D eigenvalue weighted by Gasteiger charge is -2.15. The summed E-state index contributed by atoms with van der Waals surface area (Å²) in [4.78, 5) is 0. The van der Waals surface area contributed by atoms with Crippen molar-refractivity contribution in [1.82, 2.24) is 5.32 Å². The molecule has 1 unspecified atom stereocenters. The van der Waals surface area contributed by atoms with E-state index in [0.717, 1.165) is 23.3 Å². The van der Waals surface area contributed by atoms with Crippen molar-refractivity contribution in [2.75, 3.05) is 19.7 Å². The van der Waals surface area contributed by atoms with E-state index in [1.807, 2.05) is 18.2 Å². The molecule has 0 saturated carbocycles. The Morgan fingerprint density at radius 3 is 2.89 bits per heavy atom. The number of aliphatic hydroxyl groups is 1. The zero-order chi connectivity index (χ0) is 13.9. The number of benzene rings is 1. The van der Waals surface area contributed by atoms with E-state index >= 15 is 0 Å². The summed E-state index contributed by atoms with van der Waals surface area (Å²) in [5.74, 6) is 0.893. The van der Waals surface area contributed by atoms with Crippen LogP contribution in [0, 0.1) is 0 Å². The quantitative estimate of drug-likeness (QED) is 0.803. The number of rotatable bonds is 5. The Labute approximate surface area is 109 Å². The summed E-state index contributed by atoms with van der Waals surface area (Å²) in [6.07, 6.45) is -5.36. The second-order valence-electron chi connectivity index (χ2n) is 4.55. The zero-order valence-corrected chi connectivity index (χ0v) is 10.3. The van der Waals surface area contributed by atoms with Gasteiger partial charge in [0.05, 0.1) is 6.61 Å². The second-order valence-corrected chi connectivity index (χ2v) is 4.55. The van der Waals surface area contributed by atoms with E-state index in [1.54, 1.807) is 0 Å². The Morgan fingerprint density at radius 2 is 2.16 bits per heavy atom. The summed E-state index contributed by atoms with van der Waals surface area (Å²) >= 11 is 0. The first-order valence-corrected chi connectivity index (χ1v) is 6.17. The average molecular weight is 275 g/mol. The number of ether oxygens (including phenoxy) is 1. The van der Waals surface area contributed by atoms with Gasteiger partial charge in [-0.1, -0.05) is 12.1 Å². The fourth-order valence-electron chi connectivity index (χ4n) is 1.98. The molecule has 1 heterocycles. The maximum absolute atomic E-state index is 12.0. The van der Waals surface area contributed by atoms with Crippen molar-refractivity contribution in [3.63, 3.8) is 0 Å². The maximum Gasteiger partial charge on any atom is 0.415 e. The lowest BCUT2D eigenvalue weighted by atomic mass is 10.1. The van der Waals surface area contributed by atoms with Crippen molar-refractivity contribution in [2.24, 2.45) is 0 Å². The van der Waals surface area contributed by atoms with Crippen LogP contribution < -0.4 is 10.1 Å². The van der Waals surface area contributed by atoms with Crippen LogP contribution >= 0.6 is 0 Å². The molecule has 3 nitrogen and oxygen atoms in total. The van der Waals surface area contributed by atoms with Gasteiger partial charge in [0.2, 0.25) is 0 Å². The second kappa shape index (κ2) is 5.79. The molecule has 0 fully saturated rings. The third kappa shape index (κ3) is 3.84. The molecule has 6 heteroatoms. The van der Waals surface area contributed by atoms with Gasteiger partial charge < -0.3 is 15.2 Å². The maximum atomic E-state index is 12.0. The monoisotopic (exact) mass is 275 g/mol. The van der Waals surface area contributed by atoms with Crippen molar-refractivity contribution >= 4 is 0 Å². The number of hydrogen-bond acceptors (Lipinski definition) is 3. The van der Waals surface area contributed by atoms with Gasteiger partial charge in [0, 0.05) is 13.0 Å². The van der Waals surface area contributed by atoms with Crippen LogP contribution in [0.4, 0.5) is 13.2 Å². The van der Waals surface area contributed by atoms with Gasteiger partial charge in [-0.2, -0.15) is 13.2 Å². The Balaban J connectivity index is 1.74. The minimum absolute atomic E-state index is 0.396. The molecular formula is C13H16F3NO2. The molecule has 0 amide bonds. The summed E-state index contributed by atoms with van der Waals surface area (Å²) in [5, 5.41) is 11.4. The van der Waals surface area contributed by atoms with Gasteiger partial charge in [-0.05, 0) is 30.2 Å². The van der Waals surface area contributed by atoms with Gasteiger partial charge in [-0.25, -0.2) is 0 Å². The molecule has 0 radical (unpaired) electrons. The van der Waals surface area contributed by atoms with Gasteiger partial charge in [0.25, 0.3) is 0 Å². The van der Waals surface area contributed by atoms with E-state index < -0.39 is 18.8 Å². The average Bonchev–Trinajstić information content (AvgIpc) is 2.80. The van der Waals surface area contributed by atoms with Gasteiger partial charge in [-0.15, -0.1) is 0 Å². The lowest BCUT2D eigenvalue weighted by Crippen LogP contribution is -2.39. The van der Waals surface area contributed by atoms with Crippen molar-refractivity contribution in [2.45, 2.75) is 25.1 Å². The van der Waals surface area contributed by atoms with Crippen LogP contribution in [-0.4, -0.2) is 37.1 Å². The molecule has 1 aromatic rings. The Bertz CT molecular complexity index is 434. The minimum Gasteiger partial charge on any atom is -0.493 e. The summed E-state index contributed by atoms with van der Waals surface area (Å²) in [6.45, 7) is 0.610. The molecule has 1 aliphatic rings. The van der Waals surface area contributed by atoms with E-state index in [0.29, 0.717) is 19.6 Å². The fourth-order valence-corrected chi connectivity index (χ4v) is 1.98. The molecule has 2 rings (SSSR count). The van der Waals surface area contributed by atoms with E-state index in [1.165, 1.54) is 0 Å². The predicted octanol–water partition coefficient (Wildman–Crippen LogP) is 1.68. The topological polar surface area (TPSA) is 41.5 Å². The molecule has 0 aromatic heterocycles.